The number of methoxy groups -OCH3 is 1. The number of hydrogen-bond donors (Lipinski definition) is 1. The molecule has 1 rings (SSSR count). The van der Waals surface area contributed by atoms with E-state index < -0.39 is 0 Å². The van der Waals surface area contributed by atoms with Crippen LogP contribution in [-0.4, -0.2) is 24.2 Å². The molecule has 0 saturated heterocycles. The molecular weight excluding hydrogens is 232 g/mol. The number of ether oxygens (including phenoxy) is 1. The molecule has 1 atom stereocenters. The summed E-state index contributed by atoms with van der Waals surface area (Å²) in [5.74, 6) is 0. The molecule has 1 aromatic rings. The molecule has 17 heavy (non-hydrogen) atoms. The summed E-state index contributed by atoms with van der Waals surface area (Å²) in [6.45, 7) is 9.48. The van der Waals surface area contributed by atoms with Crippen molar-refractivity contribution >= 4 is 11.3 Å². The molecule has 0 fully saturated rings. The average molecular weight is 256 g/mol. The van der Waals surface area contributed by atoms with Gasteiger partial charge in [0, 0.05) is 18.0 Å². The zero-order valence-electron chi connectivity index (χ0n) is 11.5. The Hall–Kier alpha value is -0.450. The summed E-state index contributed by atoms with van der Waals surface area (Å²) < 4.78 is 5.47. The van der Waals surface area contributed by atoms with Gasteiger partial charge >= 0.3 is 0 Å². The maximum absolute atomic E-state index is 5.47. The van der Waals surface area contributed by atoms with Crippen molar-refractivity contribution in [2.24, 2.45) is 0 Å². The predicted octanol–water partition coefficient (Wildman–Crippen LogP) is 3.31. The van der Waals surface area contributed by atoms with Crippen LogP contribution in [0.3, 0.4) is 0 Å². The number of aromatic nitrogens is 1. The maximum Gasteiger partial charge on any atom is 0.0798 e. The molecule has 0 bridgehead atoms. The van der Waals surface area contributed by atoms with Gasteiger partial charge in [-0.1, -0.05) is 6.92 Å². The van der Waals surface area contributed by atoms with E-state index in [1.165, 1.54) is 4.88 Å². The van der Waals surface area contributed by atoms with Crippen LogP contribution in [0.2, 0.25) is 0 Å². The van der Waals surface area contributed by atoms with Crippen LogP contribution >= 0.6 is 11.3 Å². The van der Waals surface area contributed by atoms with Crippen LogP contribution in [-0.2, 0) is 4.74 Å². The zero-order chi connectivity index (χ0) is 12.9. The van der Waals surface area contributed by atoms with Crippen molar-refractivity contribution in [2.75, 3.05) is 13.7 Å². The van der Waals surface area contributed by atoms with Crippen molar-refractivity contribution in [1.29, 1.82) is 0 Å². The normalized spacial score (nSPS) is 13.9. The summed E-state index contributed by atoms with van der Waals surface area (Å²) in [7, 11) is 1.78. The topological polar surface area (TPSA) is 34.1 Å². The number of aryl methyl sites for hydroxylation is 1. The number of thiazole rings is 1. The van der Waals surface area contributed by atoms with Crippen molar-refractivity contribution in [3.63, 3.8) is 0 Å². The van der Waals surface area contributed by atoms with Crippen LogP contribution in [0, 0.1) is 6.92 Å². The number of hydrogen-bond acceptors (Lipinski definition) is 4. The van der Waals surface area contributed by atoms with Gasteiger partial charge in [0.15, 0.2) is 0 Å². The van der Waals surface area contributed by atoms with Crippen LogP contribution in [0.1, 0.15) is 50.2 Å². The van der Waals surface area contributed by atoms with Gasteiger partial charge in [-0.05, 0) is 40.2 Å². The van der Waals surface area contributed by atoms with E-state index in [1.54, 1.807) is 18.4 Å². The molecule has 0 amide bonds. The Morgan fingerprint density at radius 1 is 1.53 bits per heavy atom. The SMILES string of the molecule is CCNC(CCC(C)(C)OC)c1scnc1C. The molecule has 1 aromatic heterocycles. The van der Waals surface area contributed by atoms with Crippen molar-refractivity contribution in [1.82, 2.24) is 10.3 Å². The number of nitrogens with one attached hydrogen (secondary N) is 1. The van der Waals surface area contributed by atoms with Gasteiger partial charge in [0.25, 0.3) is 0 Å². The Morgan fingerprint density at radius 2 is 2.24 bits per heavy atom. The van der Waals surface area contributed by atoms with Gasteiger partial charge in [-0.3, -0.25) is 0 Å². The number of rotatable bonds is 7. The second kappa shape index (κ2) is 6.47. The highest BCUT2D eigenvalue weighted by Crippen LogP contribution is 2.28. The molecule has 1 unspecified atom stereocenters. The molecular formula is C13H24N2OS. The maximum atomic E-state index is 5.47. The molecule has 1 heterocycles. The van der Waals surface area contributed by atoms with Crippen LogP contribution in [0.5, 0.6) is 0 Å². The van der Waals surface area contributed by atoms with Crippen molar-refractivity contribution in [2.45, 2.75) is 52.2 Å². The molecule has 0 saturated carbocycles. The van der Waals surface area contributed by atoms with Gasteiger partial charge in [-0.2, -0.15) is 0 Å². The van der Waals surface area contributed by atoms with E-state index >= 15 is 0 Å². The van der Waals surface area contributed by atoms with E-state index in [1.807, 2.05) is 5.51 Å². The van der Waals surface area contributed by atoms with Crippen molar-refractivity contribution in [3.05, 3.63) is 16.1 Å². The van der Waals surface area contributed by atoms with Crippen LogP contribution in [0.4, 0.5) is 0 Å². The van der Waals surface area contributed by atoms with E-state index in [9.17, 15) is 0 Å². The van der Waals surface area contributed by atoms with Gasteiger partial charge in [-0.15, -0.1) is 11.3 Å². The molecule has 0 aliphatic rings. The van der Waals surface area contributed by atoms with Gasteiger partial charge in [0.2, 0.25) is 0 Å². The molecule has 3 nitrogen and oxygen atoms in total. The smallest absolute Gasteiger partial charge is 0.0798 e. The van der Waals surface area contributed by atoms with Gasteiger partial charge in [-0.25, -0.2) is 4.98 Å². The minimum Gasteiger partial charge on any atom is -0.379 e. The molecule has 98 valence electrons. The van der Waals surface area contributed by atoms with Gasteiger partial charge in [0.1, 0.15) is 0 Å². The highest BCUT2D eigenvalue weighted by Gasteiger charge is 2.21. The third kappa shape index (κ3) is 4.37. The lowest BCUT2D eigenvalue weighted by molar-refractivity contribution is 0.0117. The summed E-state index contributed by atoms with van der Waals surface area (Å²) >= 11 is 1.74. The third-order valence-corrected chi connectivity index (χ3v) is 4.18. The first-order chi connectivity index (χ1) is 8.00. The molecule has 0 aliphatic carbocycles. The Kier molecular flexibility index (Phi) is 5.56. The molecule has 0 radical (unpaired) electrons. The van der Waals surface area contributed by atoms with Crippen LogP contribution < -0.4 is 5.32 Å². The summed E-state index contributed by atoms with van der Waals surface area (Å²) in [5.41, 5.74) is 3.03. The Bertz CT molecular complexity index is 336. The van der Waals surface area contributed by atoms with Crippen molar-refractivity contribution < 1.29 is 4.74 Å². The molecule has 4 heteroatoms. The van der Waals surface area contributed by atoms with Crippen LogP contribution in [0.25, 0.3) is 0 Å². The Morgan fingerprint density at radius 3 is 2.71 bits per heavy atom. The second-order valence-electron chi connectivity index (χ2n) is 4.91. The zero-order valence-corrected chi connectivity index (χ0v) is 12.4. The first-order valence-electron chi connectivity index (χ1n) is 6.18. The summed E-state index contributed by atoms with van der Waals surface area (Å²) in [6.07, 6.45) is 2.12. The average Bonchev–Trinajstić information content (AvgIpc) is 2.71. The summed E-state index contributed by atoms with van der Waals surface area (Å²) in [6, 6.07) is 0.405. The van der Waals surface area contributed by atoms with E-state index in [0.717, 1.165) is 25.1 Å². The molecule has 0 aromatic carbocycles. The Labute approximate surface area is 109 Å². The molecule has 0 aliphatic heterocycles. The Balaban J connectivity index is 2.65. The molecule has 0 spiro atoms. The van der Waals surface area contributed by atoms with Gasteiger partial charge < -0.3 is 10.1 Å². The van der Waals surface area contributed by atoms with E-state index in [2.05, 4.69) is 38.0 Å². The first-order valence-corrected chi connectivity index (χ1v) is 7.06. The van der Waals surface area contributed by atoms with E-state index in [-0.39, 0.29) is 5.60 Å². The van der Waals surface area contributed by atoms with Gasteiger partial charge in [0.05, 0.1) is 16.8 Å². The fourth-order valence-corrected chi connectivity index (χ4v) is 2.72. The predicted molar refractivity (Wildman–Crippen MR) is 73.6 cm³/mol. The highest BCUT2D eigenvalue weighted by atomic mass is 32.1. The van der Waals surface area contributed by atoms with Crippen molar-refractivity contribution in [3.8, 4) is 0 Å². The lowest BCUT2D eigenvalue weighted by Crippen LogP contribution is -2.27. The minimum atomic E-state index is -0.0493. The fraction of sp³-hybridized carbons (Fsp3) is 0.769. The fourth-order valence-electron chi connectivity index (χ4n) is 1.81. The summed E-state index contributed by atoms with van der Waals surface area (Å²) in [4.78, 5) is 5.69. The quantitative estimate of drug-likeness (QED) is 0.812. The lowest BCUT2D eigenvalue weighted by Gasteiger charge is -2.26. The van der Waals surface area contributed by atoms with E-state index in [4.69, 9.17) is 4.74 Å². The van der Waals surface area contributed by atoms with E-state index in [0.29, 0.717) is 6.04 Å². The lowest BCUT2D eigenvalue weighted by atomic mass is 9.97. The first kappa shape index (κ1) is 14.6. The standard InChI is InChI=1S/C13H24N2OS/c1-6-14-11(7-8-13(3,4)16-5)12-10(2)15-9-17-12/h9,11,14H,6-8H2,1-5H3. The minimum absolute atomic E-state index is 0.0493. The molecule has 1 N–H and O–H groups in total. The second-order valence-corrected chi connectivity index (χ2v) is 5.80. The monoisotopic (exact) mass is 256 g/mol. The summed E-state index contributed by atoms with van der Waals surface area (Å²) in [5, 5.41) is 3.54. The third-order valence-electron chi connectivity index (χ3n) is 3.14. The number of nitrogens with zero attached hydrogens (tertiary/aromatic N) is 1. The van der Waals surface area contributed by atoms with Crippen LogP contribution in [0.15, 0.2) is 5.51 Å². The highest BCUT2D eigenvalue weighted by molar-refractivity contribution is 7.09. The largest absolute Gasteiger partial charge is 0.379 e.